The molecule has 7 nitrogen and oxygen atoms in total. The lowest BCUT2D eigenvalue weighted by atomic mass is 10.0. The van der Waals surface area contributed by atoms with Gasteiger partial charge in [0.15, 0.2) is 4.90 Å². The summed E-state index contributed by atoms with van der Waals surface area (Å²) >= 11 is 1.85. The fourth-order valence-electron chi connectivity index (χ4n) is 2.21. The van der Waals surface area contributed by atoms with E-state index in [1.54, 1.807) is 0 Å². The molecule has 3 N–H and O–H groups in total. The number of nitrogens with one attached hydrogen (secondary N) is 1. The van der Waals surface area contributed by atoms with E-state index < -0.39 is 20.6 Å². The van der Waals surface area contributed by atoms with Crippen molar-refractivity contribution in [1.82, 2.24) is 4.72 Å². The van der Waals surface area contributed by atoms with Crippen LogP contribution in [0.15, 0.2) is 23.1 Å². The fraction of sp³-hybridized carbons (Fsp3) is 0.500. The van der Waals surface area contributed by atoms with Crippen molar-refractivity contribution < 1.29 is 13.3 Å². The highest BCUT2D eigenvalue weighted by molar-refractivity contribution is 7.99. The quantitative estimate of drug-likeness (QED) is 0.481. The number of anilines is 1. The maximum atomic E-state index is 12.3. The number of nitrogen functional groups attached to an aromatic ring is 1. The smallest absolute Gasteiger partial charge is 0.312 e. The highest BCUT2D eigenvalue weighted by atomic mass is 32.2. The molecule has 0 saturated carbocycles. The Hall–Kier alpha value is -1.32. The van der Waals surface area contributed by atoms with Crippen LogP contribution >= 0.6 is 11.8 Å². The number of hydrogen-bond donors (Lipinski definition) is 2. The SMILES string of the molecule is Nc1cccc(S(=O)(=O)NCC2CCSCC2)c1[N+](=O)[O-]. The van der Waals surface area contributed by atoms with E-state index in [4.69, 9.17) is 5.73 Å². The summed E-state index contributed by atoms with van der Waals surface area (Å²) in [6, 6.07) is 3.91. The zero-order valence-electron chi connectivity index (χ0n) is 11.3. The van der Waals surface area contributed by atoms with Crippen LogP contribution in [0.4, 0.5) is 11.4 Å². The molecule has 1 fully saturated rings. The van der Waals surface area contributed by atoms with Crippen LogP contribution in [-0.2, 0) is 10.0 Å². The van der Waals surface area contributed by atoms with Gasteiger partial charge in [-0.15, -0.1) is 0 Å². The molecule has 0 spiro atoms. The molecular formula is C12H17N3O4S2. The molecule has 1 aliphatic rings. The zero-order chi connectivity index (χ0) is 15.5. The lowest BCUT2D eigenvalue weighted by Crippen LogP contribution is -2.31. The van der Waals surface area contributed by atoms with Gasteiger partial charge in [0, 0.05) is 6.54 Å². The molecule has 0 aliphatic carbocycles. The van der Waals surface area contributed by atoms with Crippen LogP contribution in [-0.4, -0.2) is 31.4 Å². The molecular weight excluding hydrogens is 314 g/mol. The summed E-state index contributed by atoms with van der Waals surface area (Å²) < 4.78 is 27.0. The third-order valence-corrected chi connectivity index (χ3v) is 5.91. The zero-order valence-corrected chi connectivity index (χ0v) is 13.0. The predicted molar refractivity (Wildman–Crippen MR) is 82.7 cm³/mol. The van der Waals surface area contributed by atoms with E-state index in [2.05, 4.69) is 4.72 Å². The van der Waals surface area contributed by atoms with Gasteiger partial charge in [-0.1, -0.05) is 6.07 Å². The van der Waals surface area contributed by atoms with Crippen molar-refractivity contribution in [2.45, 2.75) is 17.7 Å². The number of nitro benzene ring substituents is 1. The fourth-order valence-corrected chi connectivity index (χ4v) is 4.73. The Bertz CT molecular complexity index is 627. The highest BCUT2D eigenvalue weighted by Crippen LogP contribution is 2.30. The van der Waals surface area contributed by atoms with Gasteiger partial charge in [0.05, 0.1) is 4.92 Å². The van der Waals surface area contributed by atoms with Gasteiger partial charge in [0.25, 0.3) is 0 Å². The van der Waals surface area contributed by atoms with E-state index in [1.165, 1.54) is 18.2 Å². The minimum absolute atomic E-state index is 0.156. The first-order chi connectivity index (χ1) is 9.92. The van der Waals surface area contributed by atoms with Crippen molar-refractivity contribution in [3.8, 4) is 0 Å². The Kier molecular flexibility index (Phi) is 5.07. The molecule has 1 saturated heterocycles. The van der Waals surface area contributed by atoms with Gasteiger partial charge in [0.2, 0.25) is 10.0 Å². The van der Waals surface area contributed by atoms with Crippen molar-refractivity contribution in [1.29, 1.82) is 0 Å². The van der Waals surface area contributed by atoms with Crippen molar-refractivity contribution in [3.05, 3.63) is 28.3 Å². The largest absolute Gasteiger partial charge is 0.393 e. The van der Waals surface area contributed by atoms with Gasteiger partial charge in [-0.25, -0.2) is 13.1 Å². The molecule has 9 heteroatoms. The number of para-hydroxylation sites is 1. The van der Waals surface area contributed by atoms with Crippen LogP contribution < -0.4 is 10.5 Å². The molecule has 21 heavy (non-hydrogen) atoms. The summed E-state index contributed by atoms with van der Waals surface area (Å²) in [4.78, 5) is 9.89. The van der Waals surface area contributed by atoms with Crippen LogP contribution in [0, 0.1) is 16.0 Å². The molecule has 1 aliphatic heterocycles. The maximum absolute atomic E-state index is 12.3. The lowest BCUT2D eigenvalue weighted by molar-refractivity contribution is -0.386. The Morgan fingerprint density at radius 2 is 2.05 bits per heavy atom. The van der Waals surface area contributed by atoms with Crippen molar-refractivity contribution in [2.24, 2.45) is 5.92 Å². The normalized spacial score (nSPS) is 16.8. The van der Waals surface area contributed by atoms with E-state index in [-0.39, 0.29) is 16.5 Å². The molecule has 1 aromatic carbocycles. The molecule has 0 radical (unpaired) electrons. The van der Waals surface area contributed by atoms with E-state index >= 15 is 0 Å². The third-order valence-electron chi connectivity index (χ3n) is 3.41. The lowest BCUT2D eigenvalue weighted by Gasteiger charge is -2.21. The summed E-state index contributed by atoms with van der Waals surface area (Å²) in [5.41, 5.74) is 4.80. The second-order valence-electron chi connectivity index (χ2n) is 4.86. The van der Waals surface area contributed by atoms with Gasteiger partial charge in [-0.05, 0) is 42.4 Å². The van der Waals surface area contributed by atoms with Crippen molar-refractivity contribution in [2.75, 3.05) is 23.8 Å². The summed E-state index contributed by atoms with van der Waals surface area (Å²) in [7, 11) is -3.94. The van der Waals surface area contributed by atoms with Crippen molar-refractivity contribution >= 4 is 33.2 Å². The van der Waals surface area contributed by atoms with Gasteiger partial charge < -0.3 is 5.73 Å². The number of nitrogens with zero attached hydrogens (tertiary/aromatic N) is 1. The number of nitro groups is 1. The first kappa shape index (κ1) is 16.1. The summed E-state index contributed by atoms with van der Waals surface area (Å²) in [6.45, 7) is 0.300. The van der Waals surface area contributed by atoms with E-state index in [9.17, 15) is 18.5 Å². The number of nitrogens with two attached hydrogens (primary N) is 1. The van der Waals surface area contributed by atoms with E-state index in [1.807, 2.05) is 11.8 Å². The minimum Gasteiger partial charge on any atom is -0.393 e. The average molecular weight is 331 g/mol. The second-order valence-corrected chi connectivity index (χ2v) is 7.82. The Morgan fingerprint density at radius 1 is 1.38 bits per heavy atom. The first-order valence-corrected chi connectivity index (χ1v) is 9.16. The molecule has 0 amide bonds. The Labute approximate surface area is 127 Å². The molecule has 1 aromatic rings. The summed E-state index contributed by atoms with van der Waals surface area (Å²) in [5, 5.41) is 11.0. The molecule has 0 atom stereocenters. The standard InChI is InChI=1S/C12H17N3O4S2/c13-10-2-1-3-11(12(10)15(16)17)21(18,19)14-8-9-4-6-20-7-5-9/h1-3,9,14H,4-8,13H2. The first-order valence-electron chi connectivity index (χ1n) is 6.52. The molecule has 0 bridgehead atoms. The molecule has 116 valence electrons. The Morgan fingerprint density at radius 3 is 2.67 bits per heavy atom. The average Bonchev–Trinajstić information content (AvgIpc) is 2.46. The van der Waals surface area contributed by atoms with Gasteiger partial charge in [0.1, 0.15) is 5.69 Å². The summed E-state index contributed by atoms with van der Waals surface area (Å²) in [6.07, 6.45) is 1.90. The van der Waals surface area contributed by atoms with Gasteiger partial charge in [-0.2, -0.15) is 11.8 Å². The van der Waals surface area contributed by atoms with Gasteiger partial charge in [-0.3, -0.25) is 10.1 Å². The van der Waals surface area contributed by atoms with Crippen LogP contribution in [0.2, 0.25) is 0 Å². The number of rotatable bonds is 5. The van der Waals surface area contributed by atoms with Crippen LogP contribution in [0.3, 0.4) is 0 Å². The summed E-state index contributed by atoms with van der Waals surface area (Å²) in [5.74, 6) is 2.32. The number of benzene rings is 1. The van der Waals surface area contributed by atoms with Crippen LogP contribution in [0.25, 0.3) is 0 Å². The minimum atomic E-state index is -3.94. The van der Waals surface area contributed by atoms with Crippen LogP contribution in [0.1, 0.15) is 12.8 Å². The molecule has 1 heterocycles. The van der Waals surface area contributed by atoms with Gasteiger partial charge >= 0.3 is 5.69 Å². The molecule has 0 unspecified atom stereocenters. The highest BCUT2D eigenvalue weighted by Gasteiger charge is 2.28. The third kappa shape index (κ3) is 3.86. The van der Waals surface area contributed by atoms with Crippen molar-refractivity contribution in [3.63, 3.8) is 0 Å². The second kappa shape index (κ2) is 6.63. The number of hydrogen-bond acceptors (Lipinski definition) is 6. The molecule has 2 rings (SSSR count). The van der Waals surface area contributed by atoms with Crippen LogP contribution in [0.5, 0.6) is 0 Å². The van der Waals surface area contributed by atoms with E-state index in [0.29, 0.717) is 6.54 Å². The molecule has 0 aromatic heterocycles. The predicted octanol–water partition coefficient (Wildman–Crippen LogP) is 1.60. The monoisotopic (exact) mass is 331 g/mol. The van der Waals surface area contributed by atoms with E-state index in [0.717, 1.165) is 24.3 Å². The number of sulfonamides is 1. The maximum Gasteiger partial charge on any atom is 0.312 e. The Balaban J connectivity index is 2.19. The topological polar surface area (TPSA) is 115 Å². The number of thioether (sulfide) groups is 1.